The number of esters is 1. The number of likely N-dealkylation sites (N-methyl/N-ethyl adjacent to an activating group) is 1. The predicted octanol–water partition coefficient (Wildman–Crippen LogP) is 1.98. The standard InChI is InChI=1S/C19H23ClN2O4/c1-11-17(19(24)26-5)12(2)21-18(11)15(23)10-22(3)9-13-8-14(20)6-7-16(13)25-4/h6-8,21H,9-10H2,1-5H3/p+1. The van der Waals surface area contributed by atoms with Crippen molar-refractivity contribution in [1.29, 1.82) is 0 Å². The number of halogens is 1. The number of nitrogens with one attached hydrogen (secondary N) is 2. The van der Waals surface area contributed by atoms with Gasteiger partial charge in [0.15, 0.2) is 0 Å². The molecule has 0 aliphatic rings. The van der Waals surface area contributed by atoms with Crippen molar-refractivity contribution in [2.75, 3.05) is 27.8 Å². The number of ketones is 1. The van der Waals surface area contributed by atoms with Crippen molar-refractivity contribution in [2.24, 2.45) is 0 Å². The summed E-state index contributed by atoms with van der Waals surface area (Å²) in [6.07, 6.45) is 0. The van der Waals surface area contributed by atoms with Crippen molar-refractivity contribution in [3.8, 4) is 5.75 Å². The molecule has 0 spiro atoms. The zero-order valence-corrected chi connectivity index (χ0v) is 16.4. The zero-order valence-electron chi connectivity index (χ0n) is 15.7. The van der Waals surface area contributed by atoms with Crippen LogP contribution in [-0.4, -0.2) is 44.5 Å². The van der Waals surface area contributed by atoms with E-state index in [-0.39, 0.29) is 12.3 Å². The summed E-state index contributed by atoms with van der Waals surface area (Å²) in [7, 11) is 4.85. The van der Waals surface area contributed by atoms with Gasteiger partial charge in [0.05, 0.1) is 32.5 Å². The summed E-state index contributed by atoms with van der Waals surface area (Å²) in [5, 5.41) is 0.624. The van der Waals surface area contributed by atoms with Crippen LogP contribution in [0.2, 0.25) is 5.02 Å². The minimum atomic E-state index is -0.445. The fraction of sp³-hybridized carbons (Fsp3) is 0.368. The molecular formula is C19H24ClN2O4+. The van der Waals surface area contributed by atoms with Crippen molar-refractivity contribution < 1.29 is 24.0 Å². The van der Waals surface area contributed by atoms with Crippen molar-refractivity contribution >= 4 is 23.4 Å². The molecule has 0 fully saturated rings. The van der Waals surface area contributed by atoms with E-state index in [4.69, 9.17) is 21.1 Å². The van der Waals surface area contributed by atoms with Gasteiger partial charge >= 0.3 is 5.97 Å². The fourth-order valence-corrected chi connectivity index (χ4v) is 3.27. The summed E-state index contributed by atoms with van der Waals surface area (Å²) in [4.78, 5) is 28.6. The molecule has 7 heteroatoms. The summed E-state index contributed by atoms with van der Waals surface area (Å²) >= 11 is 6.06. The molecule has 6 nitrogen and oxygen atoms in total. The second-order valence-corrected chi connectivity index (χ2v) is 6.74. The first-order valence-electron chi connectivity index (χ1n) is 8.22. The lowest BCUT2D eigenvalue weighted by Crippen LogP contribution is -3.08. The molecule has 0 bridgehead atoms. The van der Waals surface area contributed by atoms with Gasteiger partial charge in [-0.15, -0.1) is 0 Å². The number of methoxy groups -OCH3 is 2. The van der Waals surface area contributed by atoms with E-state index in [0.717, 1.165) is 16.2 Å². The Morgan fingerprint density at radius 3 is 2.54 bits per heavy atom. The SMILES string of the molecule is COC(=O)c1c(C)[nH]c(C(=O)C[NH+](C)Cc2cc(Cl)ccc2OC)c1C. The van der Waals surface area contributed by atoms with E-state index >= 15 is 0 Å². The topological polar surface area (TPSA) is 72.8 Å². The molecule has 1 aromatic carbocycles. The number of Topliss-reactive ketones (excluding diaryl/α,β-unsaturated/α-hetero) is 1. The molecule has 0 saturated heterocycles. The molecule has 26 heavy (non-hydrogen) atoms. The Morgan fingerprint density at radius 1 is 1.23 bits per heavy atom. The van der Waals surface area contributed by atoms with E-state index < -0.39 is 5.97 Å². The predicted molar refractivity (Wildman–Crippen MR) is 99.4 cm³/mol. The summed E-state index contributed by atoms with van der Waals surface area (Å²) in [5.74, 6) is 0.222. The van der Waals surface area contributed by atoms with Crippen molar-refractivity contribution in [2.45, 2.75) is 20.4 Å². The molecule has 1 unspecified atom stereocenters. The highest BCUT2D eigenvalue weighted by molar-refractivity contribution is 6.30. The number of hydrogen-bond donors (Lipinski definition) is 2. The average molecular weight is 380 g/mol. The minimum absolute atomic E-state index is 0.0701. The molecule has 0 aliphatic carbocycles. The van der Waals surface area contributed by atoms with Crippen molar-refractivity contribution in [3.05, 3.63) is 51.3 Å². The first-order valence-corrected chi connectivity index (χ1v) is 8.60. The van der Waals surface area contributed by atoms with E-state index in [1.165, 1.54) is 7.11 Å². The number of aromatic nitrogens is 1. The van der Waals surface area contributed by atoms with Crippen LogP contribution in [-0.2, 0) is 11.3 Å². The molecule has 1 atom stereocenters. The van der Waals surface area contributed by atoms with Gasteiger partial charge in [-0.1, -0.05) is 11.6 Å². The molecular weight excluding hydrogens is 356 g/mol. The van der Waals surface area contributed by atoms with E-state index in [2.05, 4.69) is 4.98 Å². The highest BCUT2D eigenvalue weighted by Crippen LogP contribution is 2.22. The van der Waals surface area contributed by atoms with Gasteiger partial charge in [0, 0.05) is 16.3 Å². The Labute approximate surface area is 158 Å². The molecule has 2 rings (SSSR count). The van der Waals surface area contributed by atoms with Crippen LogP contribution in [0.5, 0.6) is 5.75 Å². The summed E-state index contributed by atoms with van der Waals surface area (Å²) < 4.78 is 10.1. The Bertz CT molecular complexity index is 829. The largest absolute Gasteiger partial charge is 0.496 e. The van der Waals surface area contributed by atoms with Crippen LogP contribution in [0.4, 0.5) is 0 Å². The molecule has 1 aromatic heterocycles. The van der Waals surface area contributed by atoms with Crippen LogP contribution in [0.3, 0.4) is 0 Å². The number of benzene rings is 1. The first-order chi connectivity index (χ1) is 12.3. The Hall–Kier alpha value is -2.31. The summed E-state index contributed by atoms with van der Waals surface area (Å²) in [6, 6.07) is 5.42. The van der Waals surface area contributed by atoms with Crippen LogP contribution >= 0.6 is 11.6 Å². The third kappa shape index (κ3) is 4.26. The number of hydrogen-bond acceptors (Lipinski definition) is 4. The molecule has 0 radical (unpaired) electrons. The second-order valence-electron chi connectivity index (χ2n) is 6.31. The Kier molecular flexibility index (Phi) is 6.45. The van der Waals surface area contributed by atoms with Crippen LogP contribution in [0.1, 0.15) is 37.7 Å². The number of rotatable bonds is 7. The smallest absolute Gasteiger partial charge is 0.339 e. The molecule has 0 aliphatic heterocycles. The van der Waals surface area contributed by atoms with Crippen molar-refractivity contribution in [3.63, 3.8) is 0 Å². The number of carbonyl (C=O) groups excluding carboxylic acids is 2. The van der Waals surface area contributed by atoms with E-state index in [1.807, 2.05) is 19.2 Å². The molecule has 140 valence electrons. The van der Waals surface area contributed by atoms with Crippen LogP contribution in [0, 0.1) is 13.8 Å². The van der Waals surface area contributed by atoms with E-state index in [9.17, 15) is 9.59 Å². The van der Waals surface area contributed by atoms with Gasteiger partial charge in [0.2, 0.25) is 5.78 Å². The molecule has 1 heterocycles. The van der Waals surface area contributed by atoms with Crippen LogP contribution < -0.4 is 9.64 Å². The average Bonchev–Trinajstić information content (AvgIpc) is 2.89. The molecule has 0 saturated carbocycles. The fourth-order valence-electron chi connectivity index (χ4n) is 3.07. The number of H-pyrrole nitrogens is 1. The minimum Gasteiger partial charge on any atom is -0.496 e. The maximum Gasteiger partial charge on any atom is 0.339 e. The molecule has 2 N–H and O–H groups in total. The maximum absolute atomic E-state index is 12.7. The highest BCUT2D eigenvalue weighted by atomic mass is 35.5. The third-order valence-electron chi connectivity index (χ3n) is 4.30. The number of quaternary nitrogens is 1. The summed E-state index contributed by atoms with van der Waals surface area (Å²) in [6.45, 7) is 4.34. The lowest BCUT2D eigenvalue weighted by molar-refractivity contribution is -0.884. The van der Waals surface area contributed by atoms with Gasteiger partial charge in [-0.25, -0.2) is 4.79 Å². The van der Waals surface area contributed by atoms with Gasteiger partial charge in [-0.3, -0.25) is 4.79 Å². The van der Waals surface area contributed by atoms with E-state index in [1.54, 1.807) is 27.0 Å². The van der Waals surface area contributed by atoms with Crippen LogP contribution in [0.15, 0.2) is 18.2 Å². The third-order valence-corrected chi connectivity index (χ3v) is 4.54. The number of aromatic amines is 1. The van der Waals surface area contributed by atoms with Gasteiger partial charge in [0.1, 0.15) is 18.8 Å². The number of carbonyl (C=O) groups is 2. The lowest BCUT2D eigenvalue weighted by Gasteiger charge is -2.15. The Morgan fingerprint density at radius 2 is 1.92 bits per heavy atom. The van der Waals surface area contributed by atoms with Gasteiger partial charge < -0.3 is 19.4 Å². The quantitative estimate of drug-likeness (QED) is 0.570. The number of ether oxygens (including phenoxy) is 2. The maximum atomic E-state index is 12.7. The summed E-state index contributed by atoms with van der Waals surface area (Å²) in [5.41, 5.74) is 3.05. The van der Waals surface area contributed by atoms with E-state index in [0.29, 0.717) is 34.1 Å². The highest BCUT2D eigenvalue weighted by Gasteiger charge is 2.24. The number of aryl methyl sites for hydroxylation is 1. The Balaban J connectivity index is 2.15. The first kappa shape index (κ1) is 20.0. The van der Waals surface area contributed by atoms with Crippen molar-refractivity contribution in [1.82, 2.24) is 4.98 Å². The van der Waals surface area contributed by atoms with Gasteiger partial charge in [-0.05, 0) is 37.6 Å². The van der Waals surface area contributed by atoms with Crippen LogP contribution in [0.25, 0.3) is 0 Å². The van der Waals surface area contributed by atoms with Gasteiger partial charge in [-0.2, -0.15) is 0 Å². The van der Waals surface area contributed by atoms with Gasteiger partial charge in [0.25, 0.3) is 0 Å². The lowest BCUT2D eigenvalue weighted by atomic mass is 10.1. The zero-order chi connectivity index (χ0) is 19.4. The monoisotopic (exact) mass is 379 g/mol. The normalized spacial score (nSPS) is 11.9. The second kappa shape index (κ2) is 8.38. The molecule has 0 amide bonds. The molecule has 2 aromatic rings.